The summed E-state index contributed by atoms with van der Waals surface area (Å²) in [4.78, 5) is 0. The van der Waals surface area contributed by atoms with E-state index in [1.807, 2.05) is 19.9 Å². The molecule has 2 aromatic rings. The first kappa shape index (κ1) is 17.4. The summed E-state index contributed by atoms with van der Waals surface area (Å²) in [6.07, 6.45) is 6.31. The third kappa shape index (κ3) is 4.74. The van der Waals surface area contributed by atoms with Crippen molar-refractivity contribution in [2.75, 3.05) is 6.54 Å². The first-order valence-electron chi connectivity index (χ1n) is 7.84. The van der Waals surface area contributed by atoms with Crippen molar-refractivity contribution in [2.24, 2.45) is 0 Å². The molecule has 0 fully saturated rings. The van der Waals surface area contributed by atoms with Crippen molar-refractivity contribution in [3.05, 3.63) is 60.2 Å². The lowest BCUT2D eigenvalue weighted by Crippen LogP contribution is -2.29. The Bertz CT molecular complexity index is 653. The summed E-state index contributed by atoms with van der Waals surface area (Å²) in [6, 6.07) is 5.07. The van der Waals surface area contributed by atoms with Crippen LogP contribution in [0.3, 0.4) is 0 Å². The van der Waals surface area contributed by atoms with Gasteiger partial charge in [0.25, 0.3) is 0 Å². The summed E-state index contributed by atoms with van der Waals surface area (Å²) in [5, 5.41) is 17.2. The van der Waals surface area contributed by atoms with Crippen LogP contribution in [0.25, 0.3) is 5.69 Å². The molecular formula is C18H24FN3O. The standard InChI is InChI=1S/C18H24FN3O/c1-4-5-6-16(23)11-20-14(3)15-7-8-18(17(19)9-15)22-12-13(2)10-21-22/h4,7-10,12,14,16,20,23H,1,5-6,11H2,2-3H3. The van der Waals surface area contributed by atoms with Crippen LogP contribution in [0.15, 0.2) is 43.2 Å². The second kappa shape index (κ2) is 8.04. The van der Waals surface area contributed by atoms with Crippen LogP contribution in [0, 0.1) is 12.7 Å². The lowest BCUT2D eigenvalue weighted by molar-refractivity contribution is 0.159. The number of nitrogens with zero attached hydrogens (tertiary/aromatic N) is 2. The van der Waals surface area contributed by atoms with Gasteiger partial charge in [-0.25, -0.2) is 9.07 Å². The number of aliphatic hydroxyl groups excluding tert-OH is 1. The van der Waals surface area contributed by atoms with Crippen molar-refractivity contribution in [1.29, 1.82) is 0 Å². The number of rotatable bonds is 8. The number of hydrogen-bond donors (Lipinski definition) is 2. The number of benzene rings is 1. The molecule has 1 aromatic heterocycles. The van der Waals surface area contributed by atoms with Gasteiger partial charge >= 0.3 is 0 Å². The average Bonchev–Trinajstić information content (AvgIpc) is 2.96. The summed E-state index contributed by atoms with van der Waals surface area (Å²) < 4.78 is 15.9. The molecule has 2 atom stereocenters. The Balaban J connectivity index is 2.00. The predicted octanol–water partition coefficient (Wildman–Crippen LogP) is 3.30. The number of nitrogens with one attached hydrogen (secondary N) is 1. The van der Waals surface area contributed by atoms with E-state index < -0.39 is 6.10 Å². The number of hydrogen-bond acceptors (Lipinski definition) is 3. The number of aromatic nitrogens is 2. The normalized spacial score (nSPS) is 13.7. The fourth-order valence-corrected chi connectivity index (χ4v) is 2.37. The van der Waals surface area contributed by atoms with Gasteiger partial charge in [0.05, 0.1) is 12.3 Å². The molecule has 1 aromatic carbocycles. The first-order valence-corrected chi connectivity index (χ1v) is 7.84. The van der Waals surface area contributed by atoms with Crippen molar-refractivity contribution < 1.29 is 9.50 Å². The third-order valence-electron chi connectivity index (χ3n) is 3.79. The van der Waals surface area contributed by atoms with Crippen LogP contribution in [0.4, 0.5) is 4.39 Å². The molecule has 0 saturated heterocycles. The van der Waals surface area contributed by atoms with E-state index in [9.17, 15) is 9.50 Å². The molecule has 0 saturated carbocycles. The van der Waals surface area contributed by atoms with E-state index in [-0.39, 0.29) is 11.9 Å². The largest absolute Gasteiger partial charge is 0.392 e. The van der Waals surface area contributed by atoms with Gasteiger partial charge in [-0.15, -0.1) is 6.58 Å². The zero-order chi connectivity index (χ0) is 16.8. The molecule has 0 aliphatic carbocycles. The van der Waals surface area contributed by atoms with Gasteiger partial charge < -0.3 is 10.4 Å². The van der Waals surface area contributed by atoms with Gasteiger partial charge in [0.15, 0.2) is 0 Å². The molecule has 2 unspecified atom stereocenters. The Kier molecular flexibility index (Phi) is 6.07. The third-order valence-corrected chi connectivity index (χ3v) is 3.79. The summed E-state index contributed by atoms with van der Waals surface area (Å²) in [6.45, 7) is 7.98. The fourth-order valence-electron chi connectivity index (χ4n) is 2.37. The van der Waals surface area contributed by atoms with E-state index in [0.717, 1.165) is 17.5 Å². The van der Waals surface area contributed by atoms with Crippen LogP contribution in [-0.4, -0.2) is 27.5 Å². The molecule has 0 aliphatic rings. The molecule has 0 aliphatic heterocycles. The van der Waals surface area contributed by atoms with Crippen LogP contribution in [0.2, 0.25) is 0 Å². The maximum atomic E-state index is 14.3. The monoisotopic (exact) mass is 317 g/mol. The van der Waals surface area contributed by atoms with E-state index in [0.29, 0.717) is 18.7 Å². The molecular weight excluding hydrogens is 293 g/mol. The minimum atomic E-state index is -0.424. The van der Waals surface area contributed by atoms with Gasteiger partial charge in [0.1, 0.15) is 11.5 Å². The van der Waals surface area contributed by atoms with Crippen molar-refractivity contribution >= 4 is 0 Å². The lowest BCUT2D eigenvalue weighted by Gasteiger charge is -2.18. The van der Waals surface area contributed by atoms with Gasteiger partial charge in [-0.3, -0.25) is 0 Å². The van der Waals surface area contributed by atoms with Gasteiger partial charge in [-0.05, 0) is 49.9 Å². The number of aryl methyl sites for hydroxylation is 1. The van der Waals surface area contributed by atoms with Crippen LogP contribution in [0.5, 0.6) is 0 Å². The van der Waals surface area contributed by atoms with Crippen molar-refractivity contribution in [3.63, 3.8) is 0 Å². The smallest absolute Gasteiger partial charge is 0.149 e. The highest BCUT2D eigenvalue weighted by atomic mass is 19.1. The Morgan fingerprint density at radius 1 is 1.48 bits per heavy atom. The second-order valence-corrected chi connectivity index (χ2v) is 5.82. The van der Waals surface area contributed by atoms with E-state index in [4.69, 9.17) is 0 Å². The highest BCUT2D eigenvalue weighted by Gasteiger charge is 2.12. The number of halogens is 1. The second-order valence-electron chi connectivity index (χ2n) is 5.82. The molecule has 5 heteroatoms. The summed E-state index contributed by atoms with van der Waals surface area (Å²) in [5.41, 5.74) is 2.25. The van der Waals surface area contributed by atoms with Gasteiger partial charge in [0, 0.05) is 18.8 Å². The molecule has 2 rings (SSSR count). The quantitative estimate of drug-likeness (QED) is 0.735. The fraction of sp³-hybridized carbons (Fsp3) is 0.389. The van der Waals surface area contributed by atoms with Crippen molar-refractivity contribution in [2.45, 2.75) is 38.8 Å². The van der Waals surface area contributed by atoms with E-state index in [1.165, 1.54) is 10.7 Å². The molecule has 0 amide bonds. The topological polar surface area (TPSA) is 50.1 Å². The van der Waals surface area contributed by atoms with E-state index in [1.54, 1.807) is 24.5 Å². The molecule has 4 nitrogen and oxygen atoms in total. The zero-order valence-corrected chi connectivity index (χ0v) is 13.7. The van der Waals surface area contributed by atoms with Crippen LogP contribution >= 0.6 is 0 Å². The molecule has 23 heavy (non-hydrogen) atoms. The minimum absolute atomic E-state index is 0.0451. The Morgan fingerprint density at radius 2 is 2.26 bits per heavy atom. The summed E-state index contributed by atoms with van der Waals surface area (Å²) >= 11 is 0. The number of allylic oxidation sites excluding steroid dienone is 1. The van der Waals surface area contributed by atoms with Crippen molar-refractivity contribution in [1.82, 2.24) is 15.1 Å². The highest BCUT2D eigenvalue weighted by molar-refractivity contribution is 5.37. The maximum Gasteiger partial charge on any atom is 0.149 e. The zero-order valence-electron chi connectivity index (χ0n) is 13.7. The highest BCUT2D eigenvalue weighted by Crippen LogP contribution is 2.19. The first-order chi connectivity index (χ1) is 11.0. The molecule has 1 heterocycles. The Hall–Kier alpha value is -1.98. The van der Waals surface area contributed by atoms with Crippen LogP contribution < -0.4 is 5.32 Å². The maximum absolute atomic E-state index is 14.3. The Morgan fingerprint density at radius 3 is 2.87 bits per heavy atom. The van der Waals surface area contributed by atoms with Gasteiger partial charge in [0.2, 0.25) is 0 Å². The van der Waals surface area contributed by atoms with E-state index >= 15 is 0 Å². The Labute approximate surface area is 136 Å². The SMILES string of the molecule is C=CCCC(O)CNC(C)c1ccc(-n2cc(C)cn2)c(F)c1. The minimum Gasteiger partial charge on any atom is -0.392 e. The molecule has 0 bridgehead atoms. The van der Waals surface area contributed by atoms with Crippen LogP contribution in [0.1, 0.15) is 36.9 Å². The lowest BCUT2D eigenvalue weighted by atomic mass is 10.1. The molecule has 0 spiro atoms. The number of aliphatic hydroxyl groups is 1. The summed E-state index contributed by atoms with van der Waals surface area (Å²) in [7, 11) is 0. The summed E-state index contributed by atoms with van der Waals surface area (Å²) in [5.74, 6) is -0.313. The predicted molar refractivity (Wildman–Crippen MR) is 90.1 cm³/mol. The van der Waals surface area contributed by atoms with Gasteiger partial charge in [-0.1, -0.05) is 12.1 Å². The average molecular weight is 317 g/mol. The molecule has 124 valence electrons. The molecule has 0 radical (unpaired) electrons. The van der Waals surface area contributed by atoms with Crippen LogP contribution in [-0.2, 0) is 0 Å². The van der Waals surface area contributed by atoms with Gasteiger partial charge in [-0.2, -0.15) is 5.10 Å². The molecule has 2 N–H and O–H groups in total. The van der Waals surface area contributed by atoms with Crippen molar-refractivity contribution in [3.8, 4) is 5.69 Å². The van der Waals surface area contributed by atoms with E-state index in [2.05, 4.69) is 17.0 Å².